The van der Waals surface area contributed by atoms with Gasteiger partial charge in [-0.1, -0.05) is 24.3 Å². The standard InChI is InChI=1S/C11H13N5/c12-5-7-1-3-8(4-2-7)9-6-15-11(14)16-10(9)13/h1-4,6H,5,12H2,(H4,13,14,15,16). The van der Waals surface area contributed by atoms with Crippen LogP contribution in [0.25, 0.3) is 11.1 Å². The molecule has 0 amide bonds. The summed E-state index contributed by atoms with van der Waals surface area (Å²) in [6.07, 6.45) is 1.62. The van der Waals surface area contributed by atoms with Gasteiger partial charge in [0.05, 0.1) is 0 Å². The lowest BCUT2D eigenvalue weighted by atomic mass is 10.1. The van der Waals surface area contributed by atoms with Gasteiger partial charge in [-0.3, -0.25) is 0 Å². The van der Waals surface area contributed by atoms with Gasteiger partial charge in [-0.2, -0.15) is 4.98 Å². The molecule has 0 aliphatic carbocycles. The summed E-state index contributed by atoms with van der Waals surface area (Å²) in [5.74, 6) is 0.563. The van der Waals surface area contributed by atoms with E-state index >= 15 is 0 Å². The van der Waals surface area contributed by atoms with Crippen molar-refractivity contribution in [3.63, 3.8) is 0 Å². The van der Waals surface area contributed by atoms with Gasteiger partial charge in [0.25, 0.3) is 0 Å². The van der Waals surface area contributed by atoms with Crippen LogP contribution < -0.4 is 17.2 Å². The molecule has 16 heavy (non-hydrogen) atoms. The predicted octanol–water partition coefficient (Wildman–Crippen LogP) is 0.767. The SMILES string of the molecule is NCc1ccc(-c2cnc(N)nc2N)cc1. The van der Waals surface area contributed by atoms with Crippen LogP contribution in [0.3, 0.4) is 0 Å². The Morgan fingerprint density at radius 2 is 1.75 bits per heavy atom. The van der Waals surface area contributed by atoms with Gasteiger partial charge in [-0.25, -0.2) is 4.98 Å². The maximum atomic E-state index is 5.77. The molecule has 0 unspecified atom stereocenters. The second-order valence-corrected chi connectivity index (χ2v) is 3.43. The smallest absolute Gasteiger partial charge is 0.221 e. The fraction of sp³-hybridized carbons (Fsp3) is 0.0909. The van der Waals surface area contributed by atoms with Crippen molar-refractivity contribution in [2.75, 3.05) is 11.5 Å². The molecule has 0 atom stereocenters. The molecule has 0 aliphatic rings. The van der Waals surface area contributed by atoms with Crippen molar-refractivity contribution < 1.29 is 0 Å². The number of benzene rings is 1. The summed E-state index contributed by atoms with van der Waals surface area (Å²) in [5.41, 5.74) is 19.5. The second kappa shape index (κ2) is 4.16. The van der Waals surface area contributed by atoms with Crippen LogP contribution in [0.15, 0.2) is 30.5 Å². The van der Waals surface area contributed by atoms with Crippen LogP contribution in [0.5, 0.6) is 0 Å². The molecule has 6 N–H and O–H groups in total. The van der Waals surface area contributed by atoms with Gasteiger partial charge < -0.3 is 17.2 Å². The van der Waals surface area contributed by atoms with Crippen LogP contribution in [-0.2, 0) is 6.54 Å². The molecule has 0 radical (unpaired) electrons. The van der Waals surface area contributed by atoms with Crippen molar-refractivity contribution >= 4 is 11.8 Å². The van der Waals surface area contributed by atoms with Crippen molar-refractivity contribution in [1.82, 2.24) is 9.97 Å². The zero-order valence-electron chi connectivity index (χ0n) is 8.72. The number of anilines is 2. The molecule has 0 spiro atoms. The van der Waals surface area contributed by atoms with E-state index in [1.54, 1.807) is 6.20 Å². The lowest BCUT2D eigenvalue weighted by Gasteiger charge is -2.05. The average Bonchev–Trinajstić information content (AvgIpc) is 2.29. The summed E-state index contributed by atoms with van der Waals surface area (Å²) in [5, 5.41) is 0. The normalized spacial score (nSPS) is 10.3. The number of nitrogen functional groups attached to an aromatic ring is 2. The number of rotatable bonds is 2. The number of hydrogen-bond donors (Lipinski definition) is 3. The van der Waals surface area contributed by atoms with Crippen molar-refractivity contribution in [2.45, 2.75) is 6.54 Å². The maximum Gasteiger partial charge on any atom is 0.221 e. The van der Waals surface area contributed by atoms with Gasteiger partial charge in [0, 0.05) is 18.3 Å². The second-order valence-electron chi connectivity index (χ2n) is 3.43. The van der Waals surface area contributed by atoms with Crippen LogP contribution in [-0.4, -0.2) is 9.97 Å². The van der Waals surface area contributed by atoms with Crippen LogP contribution >= 0.6 is 0 Å². The highest BCUT2D eigenvalue weighted by molar-refractivity contribution is 5.73. The molecule has 0 aliphatic heterocycles. The van der Waals surface area contributed by atoms with E-state index in [0.717, 1.165) is 16.7 Å². The average molecular weight is 215 g/mol. The van der Waals surface area contributed by atoms with E-state index in [1.807, 2.05) is 24.3 Å². The van der Waals surface area contributed by atoms with Crippen molar-refractivity contribution in [1.29, 1.82) is 0 Å². The first-order chi connectivity index (χ1) is 7.70. The predicted molar refractivity (Wildman–Crippen MR) is 64.2 cm³/mol. The molecule has 5 nitrogen and oxygen atoms in total. The van der Waals surface area contributed by atoms with Crippen LogP contribution in [0.2, 0.25) is 0 Å². The first-order valence-electron chi connectivity index (χ1n) is 4.88. The summed E-state index contributed by atoms with van der Waals surface area (Å²) < 4.78 is 0. The minimum Gasteiger partial charge on any atom is -0.383 e. The summed E-state index contributed by atoms with van der Waals surface area (Å²) in [7, 11) is 0. The third-order valence-corrected chi connectivity index (χ3v) is 2.34. The molecular weight excluding hydrogens is 202 g/mol. The minimum absolute atomic E-state index is 0.180. The Hall–Kier alpha value is -2.14. The molecule has 0 saturated heterocycles. The van der Waals surface area contributed by atoms with E-state index in [2.05, 4.69) is 9.97 Å². The summed E-state index contributed by atoms with van der Waals surface area (Å²) in [4.78, 5) is 7.83. The molecule has 1 aromatic carbocycles. The fourth-order valence-electron chi connectivity index (χ4n) is 1.45. The van der Waals surface area contributed by atoms with Crippen LogP contribution in [0.1, 0.15) is 5.56 Å². The Morgan fingerprint density at radius 1 is 1.06 bits per heavy atom. The van der Waals surface area contributed by atoms with E-state index in [0.29, 0.717) is 12.4 Å². The molecule has 2 aromatic rings. The van der Waals surface area contributed by atoms with Gasteiger partial charge in [0.1, 0.15) is 5.82 Å². The lowest BCUT2D eigenvalue weighted by Crippen LogP contribution is -2.01. The van der Waals surface area contributed by atoms with E-state index in [1.165, 1.54) is 0 Å². The monoisotopic (exact) mass is 215 g/mol. The quantitative estimate of drug-likeness (QED) is 0.686. The van der Waals surface area contributed by atoms with Gasteiger partial charge in [0.15, 0.2) is 0 Å². The Balaban J connectivity index is 2.42. The van der Waals surface area contributed by atoms with Crippen molar-refractivity contribution in [3.8, 4) is 11.1 Å². The van der Waals surface area contributed by atoms with Gasteiger partial charge in [0.2, 0.25) is 5.95 Å². The molecule has 1 aromatic heterocycles. The molecular formula is C11H13N5. The molecule has 82 valence electrons. The van der Waals surface area contributed by atoms with Crippen molar-refractivity contribution in [3.05, 3.63) is 36.0 Å². The maximum absolute atomic E-state index is 5.77. The molecule has 5 heteroatoms. The third-order valence-electron chi connectivity index (χ3n) is 2.34. The van der Waals surface area contributed by atoms with Gasteiger partial charge >= 0.3 is 0 Å². The lowest BCUT2D eigenvalue weighted by molar-refractivity contribution is 1.07. The Kier molecular flexibility index (Phi) is 2.70. The number of nitrogens with zero attached hydrogens (tertiary/aromatic N) is 2. The van der Waals surface area contributed by atoms with E-state index in [4.69, 9.17) is 17.2 Å². The third kappa shape index (κ3) is 1.94. The van der Waals surface area contributed by atoms with E-state index < -0.39 is 0 Å². The Morgan fingerprint density at radius 3 is 2.31 bits per heavy atom. The molecule has 0 saturated carbocycles. The zero-order chi connectivity index (χ0) is 11.5. The molecule has 1 heterocycles. The first-order valence-corrected chi connectivity index (χ1v) is 4.88. The Labute approximate surface area is 93.3 Å². The largest absolute Gasteiger partial charge is 0.383 e. The number of hydrogen-bond acceptors (Lipinski definition) is 5. The highest BCUT2D eigenvalue weighted by Crippen LogP contribution is 2.24. The number of nitrogens with two attached hydrogens (primary N) is 3. The summed E-state index contributed by atoms with van der Waals surface area (Å²) in [6, 6.07) is 7.77. The molecule has 0 bridgehead atoms. The highest BCUT2D eigenvalue weighted by Gasteiger charge is 2.04. The fourth-order valence-corrected chi connectivity index (χ4v) is 1.45. The summed E-state index contributed by atoms with van der Waals surface area (Å²) >= 11 is 0. The topological polar surface area (TPSA) is 104 Å². The summed E-state index contributed by atoms with van der Waals surface area (Å²) in [6.45, 7) is 0.522. The van der Waals surface area contributed by atoms with E-state index in [9.17, 15) is 0 Å². The first kappa shape index (κ1) is 10.4. The van der Waals surface area contributed by atoms with E-state index in [-0.39, 0.29) is 5.95 Å². The molecule has 2 rings (SSSR count). The zero-order valence-corrected chi connectivity index (χ0v) is 8.72. The minimum atomic E-state index is 0.180. The van der Waals surface area contributed by atoms with Crippen molar-refractivity contribution in [2.24, 2.45) is 5.73 Å². The van der Waals surface area contributed by atoms with Crippen LogP contribution in [0.4, 0.5) is 11.8 Å². The van der Waals surface area contributed by atoms with Gasteiger partial charge in [-0.15, -0.1) is 0 Å². The number of aromatic nitrogens is 2. The molecule has 0 fully saturated rings. The van der Waals surface area contributed by atoms with Crippen LogP contribution in [0, 0.1) is 0 Å². The van der Waals surface area contributed by atoms with Gasteiger partial charge in [-0.05, 0) is 11.1 Å². The highest BCUT2D eigenvalue weighted by atomic mass is 15.0. The Bertz CT molecular complexity index is 492.